The second kappa shape index (κ2) is 6.86. The van der Waals surface area contributed by atoms with E-state index in [1.807, 2.05) is 6.07 Å². The van der Waals surface area contributed by atoms with Crippen molar-refractivity contribution in [3.05, 3.63) is 29.3 Å². The number of aryl methyl sites for hydroxylation is 1. The molecule has 6 nitrogen and oxygen atoms in total. The fourth-order valence-electron chi connectivity index (χ4n) is 4.38. The van der Waals surface area contributed by atoms with Crippen molar-refractivity contribution in [2.24, 2.45) is 17.8 Å². The van der Waals surface area contributed by atoms with Crippen molar-refractivity contribution in [2.75, 3.05) is 26.2 Å². The van der Waals surface area contributed by atoms with Crippen LogP contribution >= 0.6 is 0 Å². The monoisotopic (exact) mass is 398 g/mol. The zero-order chi connectivity index (χ0) is 20.1. The van der Waals surface area contributed by atoms with Gasteiger partial charge < -0.3 is 19.7 Å². The van der Waals surface area contributed by atoms with Gasteiger partial charge in [-0.1, -0.05) is 12.1 Å². The lowest BCUT2D eigenvalue weighted by molar-refractivity contribution is -0.274. The summed E-state index contributed by atoms with van der Waals surface area (Å²) in [5.41, 5.74) is 1.25. The summed E-state index contributed by atoms with van der Waals surface area (Å²) in [6.45, 7) is 3.24. The number of hydrogen-bond acceptors (Lipinski definition) is 4. The maximum absolute atomic E-state index is 12.7. The number of nitrogens with zero attached hydrogens (tertiary/aromatic N) is 1. The average molecular weight is 398 g/mol. The van der Waals surface area contributed by atoms with Crippen LogP contribution in [0.4, 0.5) is 18.0 Å². The third-order valence-corrected chi connectivity index (χ3v) is 5.87. The van der Waals surface area contributed by atoms with Crippen molar-refractivity contribution in [1.29, 1.82) is 0 Å². The molecule has 1 N–H and O–H groups in total. The highest BCUT2D eigenvalue weighted by Crippen LogP contribution is 2.58. The third-order valence-electron chi connectivity index (χ3n) is 5.87. The minimum Gasteiger partial charge on any atom is -0.450 e. The van der Waals surface area contributed by atoms with Gasteiger partial charge in [0.05, 0.1) is 12.5 Å². The Labute approximate surface area is 160 Å². The molecule has 0 unspecified atom stereocenters. The number of benzene rings is 1. The molecule has 2 saturated heterocycles. The van der Waals surface area contributed by atoms with Crippen LogP contribution in [0.25, 0.3) is 0 Å². The fourth-order valence-corrected chi connectivity index (χ4v) is 4.38. The Morgan fingerprint density at radius 3 is 2.68 bits per heavy atom. The number of ether oxygens (including phenoxy) is 2. The Kier molecular flexibility index (Phi) is 4.63. The van der Waals surface area contributed by atoms with E-state index in [4.69, 9.17) is 4.74 Å². The molecule has 152 valence electrons. The molecule has 0 radical (unpaired) electrons. The lowest BCUT2D eigenvalue weighted by Crippen LogP contribution is -2.40. The number of likely N-dealkylation sites (tertiary alicyclic amines) is 1. The molecule has 2 amide bonds. The molecule has 4 rings (SSSR count). The third kappa shape index (κ3) is 3.74. The maximum Gasteiger partial charge on any atom is 0.573 e. The predicted octanol–water partition coefficient (Wildman–Crippen LogP) is 2.81. The first-order chi connectivity index (χ1) is 13.2. The second-order valence-electron chi connectivity index (χ2n) is 7.67. The molecule has 1 aromatic carbocycles. The predicted molar refractivity (Wildman–Crippen MR) is 91.6 cm³/mol. The van der Waals surface area contributed by atoms with Gasteiger partial charge >= 0.3 is 12.5 Å². The van der Waals surface area contributed by atoms with Gasteiger partial charge in [0.1, 0.15) is 5.75 Å². The molecular formula is C19H21F3N2O4. The Bertz CT molecular complexity index is 786. The van der Waals surface area contributed by atoms with E-state index in [1.54, 1.807) is 17.9 Å². The van der Waals surface area contributed by atoms with Gasteiger partial charge in [0, 0.05) is 19.6 Å². The Morgan fingerprint density at radius 1 is 1.29 bits per heavy atom. The number of alkyl halides is 3. The Morgan fingerprint density at radius 2 is 2.00 bits per heavy atom. The Balaban J connectivity index is 1.38. The smallest absolute Gasteiger partial charge is 0.450 e. The number of hydrogen-bond donors (Lipinski definition) is 1. The molecule has 1 saturated carbocycles. The summed E-state index contributed by atoms with van der Waals surface area (Å²) in [5, 5.41) is 2.57. The molecule has 4 atom stereocenters. The zero-order valence-electron chi connectivity index (χ0n) is 15.3. The molecule has 2 aliphatic heterocycles. The van der Waals surface area contributed by atoms with E-state index >= 15 is 0 Å². The van der Waals surface area contributed by atoms with E-state index in [-0.39, 0.29) is 48.5 Å². The molecule has 1 aliphatic carbocycles. The van der Waals surface area contributed by atoms with Crippen molar-refractivity contribution in [3.63, 3.8) is 0 Å². The van der Waals surface area contributed by atoms with Crippen molar-refractivity contribution >= 4 is 12.0 Å². The van der Waals surface area contributed by atoms with Gasteiger partial charge in [0.15, 0.2) is 0 Å². The molecule has 9 heteroatoms. The SMILES string of the molecule is Cc1ccc([C@H]2[C@@H]3CN(C(=O)[C@@H]4CCOC(=O)NC4)C[C@@H]32)cc1OC(F)(F)F. The van der Waals surface area contributed by atoms with Crippen molar-refractivity contribution < 1.29 is 32.2 Å². The van der Waals surface area contributed by atoms with Crippen LogP contribution in [0.3, 0.4) is 0 Å². The number of rotatable bonds is 3. The van der Waals surface area contributed by atoms with Crippen LogP contribution in [-0.2, 0) is 9.53 Å². The molecule has 28 heavy (non-hydrogen) atoms. The highest BCUT2D eigenvalue weighted by molar-refractivity contribution is 5.81. The van der Waals surface area contributed by atoms with Gasteiger partial charge in [-0.05, 0) is 48.3 Å². The van der Waals surface area contributed by atoms with E-state index in [9.17, 15) is 22.8 Å². The van der Waals surface area contributed by atoms with Crippen molar-refractivity contribution in [2.45, 2.75) is 25.6 Å². The number of halogens is 3. The van der Waals surface area contributed by atoms with Gasteiger partial charge in [0.25, 0.3) is 0 Å². The van der Waals surface area contributed by atoms with E-state index < -0.39 is 12.5 Å². The van der Waals surface area contributed by atoms with Crippen LogP contribution in [0.5, 0.6) is 5.75 Å². The first-order valence-electron chi connectivity index (χ1n) is 9.28. The van der Waals surface area contributed by atoms with Crippen LogP contribution in [-0.4, -0.2) is 49.5 Å². The average Bonchev–Trinajstić information content (AvgIpc) is 3.20. The second-order valence-corrected chi connectivity index (χ2v) is 7.67. The summed E-state index contributed by atoms with van der Waals surface area (Å²) in [6.07, 6.45) is -4.73. The summed E-state index contributed by atoms with van der Waals surface area (Å²) in [6, 6.07) is 4.95. The van der Waals surface area contributed by atoms with Crippen LogP contribution in [0.2, 0.25) is 0 Å². The summed E-state index contributed by atoms with van der Waals surface area (Å²) >= 11 is 0. The minimum absolute atomic E-state index is 0.00162. The van der Waals surface area contributed by atoms with Crippen LogP contribution in [0.15, 0.2) is 18.2 Å². The van der Waals surface area contributed by atoms with E-state index in [0.29, 0.717) is 25.1 Å². The van der Waals surface area contributed by atoms with Gasteiger partial charge in [-0.25, -0.2) is 4.79 Å². The van der Waals surface area contributed by atoms with E-state index in [2.05, 4.69) is 10.1 Å². The standard InChI is InChI=1S/C19H21F3N2O4/c1-10-2-3-11(6-15(10)28-19(20,21)22)16-13-8-24(9-14(13)16)17(25)12-4-5-27-18(26)23-7-12/h2-3,6,12-14,16H,4-5,7-9H2,1H3,(H,23,26)/t12-,13-,14+,16+/m1/s1. The Hall–Kier alpha value is -2.45. The number of cyclic esters (lactones) is 1. The van der Waals surface area contributed by atoms with E-state index in [1.165, 1.54) is 6.07 Å². The lowest BCUT2D eigenvalue weighted by atomic mass is 10.0. The first-order valence-corrected chi connectivity index (χ1v) is 9.28. The summed E-state index contributed by atoms with van der Waals surface area (Å²) < 4.78 is 46.7. The quantitative estimate of drug-likeness (QED) is 0.850. The highest BCUT2D eigenvalue weighted by atomic mass is 19.4. The summed E-state index contributed by atoms with van der Waals surface area (Å²) in [4.78, 5) is 25.7. The zero-order valence-corrected chi connectivity index (χ0v) is 15.3. The van der Waals surface area contributed by atoms with Crippen LogP contribution in [0, 0.1) is 24.7 Å². The number of amides is 2. The van der Waals surface area contributed by atoms with Gasteiger partial charge in [0.2, 0.25) is 5.91 Å². The van der Waals surface area contributed by atoms with Crippen molar-refractivity contribution in [3.8, 4) is 5.75 Å². The number of piperidine rings is 1. The number of carbonyl (C=O) groups excluding carboxylic acids is 2. The van der Waals surface area contributed by atoms with Gasteiger partial charge in [-0.15, -0.1) is 13.2 Å². The lowest BCUT2D eigenvalue weighted by Gasteiger charge is -2.24. The van der Waals surface area contributed by atoms with Crippen LogP contribution in [0.1, 0.15) is 23.5 Å². The van der Waals surface area contributed by atoms with Gasteiger partial charge in [-0.3, -0.25) is 4.79 Å². The summed E-state index contributed by atoms with van der Waals surface area (Å²) in [7, 11) is 0. The topological polar surface area (TPSA) is 67.9 Å². The largest absolute Gasteiger partial charge is 0.573 e. The number of alkyl carbamates (subject to hydrolysis) is 1. The fraction of sp³-hybridized carbons (Fsp3) is 0.579. The maximum atomic E-state index is 12.7. The number of nitrogens with one attached hydrogen (secondary N) is 1. The molecule has 1 aromatic rings. The molecule has 2 heterocycles. The molecule has 0 aromatic heterocycles. The molecule has 0 bridgehead atoms. The van der Waals surface area contributed by atoms with E-state index in [0.717, 1.165) is 5.56 Å². The first kappa shape index (κ1) is 18.9. The molecular weight excluding hydrogens is 377 g/mol. The molecule has 3 aliphatic rings. The summed E-state index contributed by atoms with van der Waals surface area (Å²) in [5.74, 6) is 0.189. The van der Waals surface area contributed by atoms with Gasteiger partial charge in [-0.2, -0.15) is 0 Å². The molecule has 3 fully saturated rings. The van der Waals surface area contributed by atoms with Crippen molar-refractivity contribution in [1.82, 2.24) is 10.2 Å². The van der Waals surface area contributed by atoms with Crippen LogP contribution < -0.4 is 10.1 Å². The minimum atomic E-state index is -4.72. The highest BCUT2D eigenvalue weighted by Gasteiger charge is 2.57. The number of fused-ring (bicyclic) bond motifs is 1. The number of carbonyl (C=O) groups is 2. The normalized spacial score (nSPS) is 29.4. The molecule has 0 spiro atoms.